The van der Waals surface area contributed by atoms with E-state index in [0.29, 0.717) is 6.79 Å². The summed E-state index contributed by atoms with van der Waals surface area (Å²) in [4.78, 5) is 2.53. The van der Waals surface area contributed by atoms with Gasteiger partial charge >= 0.3 is 0 Å². The van der Waals surface area contributed by atoms with Gasteiger partial charge in [0.15, 0.2) is 11.5 Å². The van der Waals surface area contributed by atoms with E-state index in [-0.39, 0.29) is 12.0 Å². The molecule has 2 aromatic rings. The Balaban J connectivity index is 1.43. The third kappa shape index (κ3) is 3.67. The molecule has 2 fully saturated rings. The van der Waals surface area contributed by atoms with Gasteiger partial charge < -0.3 is 14.6 Å². The van der Waals surface area contributed by atoms with E-state index in [1.54, 1.807) is 0 Å². The molecule has 152 valence electrons. The van der Waals surface area contributed by atoms with E-state index >= 15 is 0 Å². The summed E-state index contributed by atoms with van der Waals surface area (Å²) in [7, 11) is 0. The molecule has 1 N–H and O–H groups in total. The van der Waals surface area contributed by atoms with Crippen LogP contribution >= 0.6 is 0 Å². The first kappa shape index (κ1) is 18.7. The summed E-state index contributed by atoms with van der Waals surface area (Å²) in [6.07, 6.45) is 9.64. The average Bonchev–Trinajstić information content (AvgIpc) is 3.22. The Labute approximate surface area is 172 Å². The van der Waals surface area contributed by atoms with Gasteiger partial charge in [-0.05, 0) is 42.5 Å². The van der Waals surface area contributed by atoms with Crippen LogP contribution < -0.4 is 9.47 Å². The molecule has 0 radical (unpaired) electrons. The predicted molar refractivity (Wildman–Crippen MR) is 114 cm³/mol. The van der Waals surface area contributed by atoms with E-state index in [4.69, 9.17) is 9.47 Å². The normalized spacial score (nSPS) is 29.1. The number of ether oxygens (including phenoxy) is 2. The van der Waals surface area contributed by atoms with E-state index in [2.05, 4.69) is 53.5 Å². The van der Waals surface area contributed by atoms with Crippen LogP contribution in [0.5, 0.6) is 11.5 Å². The Morgan fingerprint density at radius 3 is 2.79 bits per heavy atom. The lowest BCUT2D eigenvalue weighted by Gasteiger charge is -2.52. The number of benzene rings is 2. The fraction of sp³-hybridized carbons (Fsp3) is 0.440. The summed E-state index contributed by atoms with van der Waals surface area (Å²) >= 11 is 0. The zero-order valence-electron chi connectivity index (χ0n) is 16.8. The molecular weight excluding hydrogens is 362 g/mol. The van der Waals surface area contributed by atoms with Crippen molar-refractivity contribution in [2.45, 2.75) is 43.7 Å². The van der Waals surface area contributed by atoms with Crippen LogP contribution in [0.3, 0.4) is 0 Å². The van der Waals surface area contributed by atoms with Gasteiger partial charge in [0.1, 0.15) is 0 Å². The molecule has 5 rings (SSSR count). The molecule has 1 aliphatic carbocycles. The van der Waals surface area contributed by atoms with Crippen molar-refractivity contribution in [3.05, 3.63) is 65.7 Å². The minimum absolute atomic E-state index is 0.198. The topological polar surface area (TPSA) is 41.9 Å². The van der Waals surface area contributed by atoms with E-state index in [0.717, 1.165) is 50.3 Å². The molecule has 0 bridgehead atoms. The van der Waals surface area contributed by atoms with Crippen LogP contribution in [0.1, 0.15) is 49.3 Å². The fourth-order valence-corrected chi connectivity index (χ4v) is 5.38. The maximum Gasteiger partial charge on any atom is 0.231 e. The molecule has 0 unspecified atom stereocenters. The Morgan fingerprint density at radius 2 is 1.90 bits per heavy atom. The van der Waals surface area contributed by atoms with Crippen LogP contribution in [0.15, 0.2) is 54.6 Å². The van der Waals surface area contributed by atoms with E-state index < -0.39 is 5.60 Å². The van der Waals surface area contributed by atoms with Crippen molar-refractivity contribution < 1.29 is 14.6 Å². The van der Waals surface area contributed by atoms with Crippen LogP contribution in [0, 0.1) is 5.92 Å². The SMILES string of the molecule is O[C@]12CCCC[C@H]1[C@H](c1ccc3c(c1)OCO3)N(CC=Cc1ccccc1)CC2. The fourth-order valence-electron chi connectivity index (χ4n) is 5.38. The molecule has 3 aliphatic rings. The molecule has 4 nitrogen and oxygen atoms in total. The summed E-state index contributed by atoms with van der Waals surface area (Å²) in [6, 6.07) is 16.9. The zero-order valence-corrected chi connectivity index (χ0v) is 16.8. The van der Waals surface area contributed by atoms with Gasteiger partial charge in [0, 0.05) is 25.0 Å². The number of hydrogen-bond acceptors (Lipinski definition) is 4. The lowest BCUT2D eigenvalue weighted by Crippen LogP contribution is -2.54. The van der Waals surface area contributed by atoms with Gasteiger partial charge in [-0.2, -0.15) is 0 Å². The Hall–Kier alpha value is -2.30. The smallest absolute Gasteiger partial charge is 0.231 e. The molecule has 2 aliphatic heterocycles. The molecule has 3 atom stereocenters. The molecular formula is C25H29NO3. The largest absolute Gasteiger partial charge is 0.454 e. The molecule has 0 aromatic heterocycles. The Morgan fingerprint density at radius 1 is 1.03 bits per heavy atom. The number of nitrogens with zero attached hydrogens (tertiary/aromatic N) is 1. The summed E-state index contributed by atoms with van der Waals surface area (Å²) in [5.41, 5.74) is 1.91. The molecule has 29 heavy (non-hydrogen) atoms. The maximum atomic E-state index is 11.4. The lowest BCUT2D eigenvalue weighted by molar-refractivity contribution is -0.122. The molecule has 2 heterocycles. The van der Waals surface area contributed by atoms with Crippen LogP contribution in [-0.4, -0.2) is 35.5 Å². The second kappa shape index (κ2) is 7.85. The van der Waals surface area contributed by atoms with E-state index in [1.807, 2.05) is 12.1 Å². The van der Waals surface area contributed by atoms with Gasteiger partial charge in [-0.1, -0.05) is 61.4 Å². The van der Waals surface area contributed by atoms with Gasteiger partial charge in [0.05, 0.1) is 5.60 Å². The predicted octanol–water partition coefficient (Wildman–Crippen LogP) is 4.80. The van der Waals surface area contributed by atoms with Gasteiger partial charge in [-0.15, -0.1) is 0 Å². The summed E-state index contributed by atoms with van der Waals surface area (Å²) in [5.74, 6) is 1.90. The van der Waals surface area contributed by atoms with E-state index in [1.165, 1.54) is 17.5 Å². The highest BCUT2D eigenvalue weighted by Crippen LogP contribution is 2.50. The van der Waals surface area contributed by atoms with Crippen molar-refractivity contribution in [2.24, 2.45) is 5.92 Å². The maximum absolute atomic E-state index is 11.4. The lowest BCUT2D eigenvalue weighted by atomic mass is 9.66. The molecule has 0 amide bonds. The van der Waals surface area contributed by atoms with Gasteiger partial charge in [0.2, 0.25) is 6.79 Å². The highest BCUT2D eigenvalue weighted by molar-refractivity contribution is 5.49. The minimum Gasteiger partial charge on any atom is -0.454 e. The highest BCUT2D eigenvalue weighted by Gasteiger charge is 2.48. The van der Waals surface area contributed by atoms with E-state index in [9.17, 15) is 5.11 Å². The second-order valence-electron chi connectivity index (χ2n) is 8.57. The van der Waals surface area contributed by atoms with Crippen LogP contribution in [0.2, 0.25) is 0 Å². The second-order valence-corrected chi connectivity index (χ2v) is 8.57. The van der Waals surface area contributed by atoms with Gasteiger partial charge in [-0.25, -0.2) is 0 Å². The monoisotopic (exact) mass is 391 g/mol. The van der Waals surface area contributed by atoms with Crippen molar-refractivity contribution in [3.63, 3.8) is 0 Å². The molecule has 4 heteroatoms. The minimum atomic E-state index is -0.543. The first-order valence-corrected chi connectivity index (χ1v) is 10.8. The number of aliphatic hydroxyl groups is 1. The Kier molecular flexibility index (Phi) is 5.06. The van der Waals surface area contributed by atoms with Crippen molar-refractivity contribution in [2.75, 3.05) is 19.9 Å². The van der Waals surface area contributed by atoms with Gasteiger partial charge in [-0.3, -0.25) is 4.90 Å². The number of rotatable bonds is 4. The Bertz CT molecular complexity index is 881. The standard InChI is InChI=1S/C25H29NO3/c27-25-13-5-4-10-21(25)24(20-11-12-22-23(17-20)29-18-28-22)26(16-14-25)15-6-9-19-7-2-1-3-8-19/h1-3,6-9,11-12,17,21,24,27H,4-5,10,13-16,18H2/t21-,24-,25-/m0/s1. The number of hydrogen-bond donors (Lipinski definition) is 1. The third-order valence-corrected chi connectivity index (χ3v) is 6.86. The van der Waals surface area contributed by atoms with Crippen molar-refractivity contribution in [1.82, 2.24) is 4.90 Å². The first-order chi connectivity index (χ1) is 14.2. The first-order valence-electron chi connectivity index (χ1n) is 10.8. The third-order valence-electron chi connectivity index (χ3n) is 6.86. The number of fused-ring (bicyclic) bond motifs is 2. The van der Waals surface area contributed by atoms with Crippen LogP contribution in [-0.2, 0) is 0 Å². The number of piperidine rings is 1. The van der Waals surface area contributed by atoms with Crippen LogP contribution in [0.25, 0.3) is 6.08 Å². The number of likely N-dealkylation sites (tertiary alicyclic amines) is 1. The molecule has 1 saturated heterocycles. The summed E-state index contributed by atoms with van der Waals surface area (Å²) in [6.45, 7) is 2.08. The van der Waals surface area contributed by atoms with Gasteiger partial charge in [0.25, 0.3) is 0 Å². The molecule has 2 aromatic carbocycles. The zero-order chi connectivity index (χ0) is 19.7. The highest BCUT2D eigenvalue weighted by atomic mass is 16.7. The molecule has 0 spiro atoms. The summed E-state index contributed by atoms with van der Waals surface area (Å²) in [5, 5.41) is 11.4. The van der Waals surface area contributed by atoms with Crippen molar-refractivity contribution >= 4 is 6.08 Å². The van der Waals surface area contributed by atoms with Crippen molar-refractivity contribution in [3.8, 4) is 11.5 Å². The average molecular weight is 392 g/mol. The van der Waals surface area contributed by atoms with Crippen molar-refractivity contribution in [1.29, 1.82) is 0 Å². The van der Waals surface area contributed by atoms with Crippen LogP contribution in [0.4, 0.5) is 0 Å². The summed E-state index contributed by atoms with van der Waals surface area (Å²) < 4.78 is 11.2. The molecule has 1 saturated carbocycles. The quantitative estimate of drug-likeness (QED) is 0.813.